The highest BCUT2D eigenvalue weighted by molar-refractivity contribution is 7.92. The quantitative estimate of drug-likeness (QED) is 0.757. The standard InChI is InChI=1S/C12H14ClN5O3S/c1-21-7-3-4-9(10(5-7)18-22(2,19)20)16-11-8(13)6-15-12(14)17-11/h3-6,18H,1-2H3,(H3,14,15,16,17). The number of anilines is 4. The second-order valence-electron chi connectivity index (χ2n) is 4.34. The van der Waals surface area contributed by atoms with Crippen LogP contribution in [0.2, 0.25) is 5.02 Å². The molecule has 2 aromatic rings. The van der Waals surface area contributed by atoms with Crippen molar-refractivity contribution >= 4 is 44.8 Å². The molecule has 0 saturated carbocycles. The van der Waals surface area contributed by atoms with Crippen LogP contribution in [0.15, 0.2) is 24.4 Å². The minimum atomic E-state index is -3.47. The summed E-state index contributed by atoms with van der Waals surface area (Å²) in [5.41, 5.74) is 6.24. The van der Waals surface area contributed by atoms with E-state index in [2.05, 4.69) is 20.0 Å². The smallest absolute Gasteiger partial charge is 0.229 e. The number of nitrogens with one attached hydrogen (secondary N) is 2. The van der Waals surface area contributed by atoms with Crippen LogP contribution in [-0.4, -0.2) is 31.8 Å². The number of hydrogen-bond donors (Lipinski definition) is 3. The topological polar surface area (TPSA) is 119 Å². The molecular weight excluding hydrogens is 330 g/mol. The lowest BCUT2D eigenvalue weighted by Gasteiger charge is -2.14. The molecule has 0 aliphatic rings. The number of rotatable bonds is 5. The van der Waals surface area contributed by atoms with E-state index in [9.17, 15) is 8.42 Å². The first kappa shape index (κ1) is 16.1. The van der Waals surface area contributed by atoms with E-state index in [1.165, 1.54) is 19.4 Å². The van der Waals surface area contributed by atoms with Crippen LogP contribution in [-0.2, 0) is 10.0 Å². The van der Waals surface area contributed by atoms with Gasteiger partial charge in [-0.2, -0.15) is 4.98 Å². The van der Waals surface area contributed by atoms with Gasteiger partial charge in [-0.1, -0.05) is 11.6 Å². The largest absolute Gasteiger partial charge is 0.497 e. The molecule has 0 amide bonds. The summed E-state index contributed by atoms with van der Waals surface area (Å²) in [6.07, 6.45) is 2.39. The number of hydrogen-bond acceptors (Lipinski definition) is 7. The summed E-state index contributed by atoms with van der Waals surface area (Å²) in [4.78, 5) is 7.72. The lowest BCUT2D eigenvalue weighted by Crippen LogP contribution is -2.11. The molecule has 1 aromatic heterocycles. The van der Waals surface area contributed by atoms with Gasteiger partial charge in [0.05, 0.1) is 30.9 Å². The van der Waals surface area contributed by atoms with Gasteiger partial charge in [0.15, 0.2) is 5.82 Å². The van der Waals surface area contributed by atoms with Crippen LogP contribution >= 0.6 is 11.6 Å². The molecular formula is C12H14ClN5O3S. The van der Waals surface area contributed by atoms with E-state index in [4.69, 9.17) is 22.1 Å². The Morgan fingerprint density at radius 2 is 2.05 bits per heavy atom. The zero-order valence-electron chi connectivity index (χ0n) is 11.8. The molecule has 118 valence electrons. The van der Waals surface area contributed by atoms with Gasteiger partial charge in [-0.05, 0) is 12.1 Å². The molecule has 10 heteroatoms. The molecule has 0 bridgehead atoms. The molecule has 8 nitrogen and oxygen atoms in total. The Hall–Kier alpha value is -2.26. The summed E-state index contributed by atoms with van der Waals surface area (Å²) in [7, 11) is -1.99. The number of ether oxygens (including phenoxy) is 1. The average Bonchev–Trinajstić information content (AvgIpc) is 2.43. The maximum Gasteiger partial charge on any atom is 0.229 e. The minimum Gasteiger partial charge on any atom is -0.497 e. The van der Waals surface area contributed by atoms with Crippen LogP contribution in [0.5, 0.6) is 5.75 Å². The van der Waals surface area contributed by atoms with E-state index >= 15 is 0 Å². The van der Waals surface area contributed by atoms with Gasteiger partial charge in [-0.15, -0.1) is 0 Å². The summed E-state index contributed by atoms with van der Waals surface area (Å²) in [6, 6.07) is 4.82. The van der Waals surface area contributed by atoms with Crippen LogP contribution in [0.25, 0.3) is 0 Å². The SMILES string of the molecule is COc1ccc(Nc2nc(N)ncc2Cl)c(NS(C)(=O)=O)c1. The second-order valence-corrected chi connectivity index (χ2v) is 6.49. The molecule has 0 atom stereocenters. The third kappa shape index (κ3) is 4.12. The highest BCUT2D eigenvalue weighted by Gasteiger charge is 2.12. The van der Waals surface area contributed by atoms with Gasteiger partial charge >= 0.3 is 0 Å². The van der Waals surface area contributed by atoms with Crippen molar-refractivity contribution in [2.45, 2.75) is 0 Å². The second kappa shape index (κ2) is 6.24. The zero-order valence-corrected chi connectivity index (χ0v) is 13.4. The zero-order chi connectivity index (χ0) is 16.3. The fourth-order valence-corrected chi connectivity index (χ4v) is 2.35. The average molecular weight is 344 g/mol. The van der Waals surface area contributed by atoms with Crippen molar-refractivity contribution in [1.82, 2.24) is 9.97 Å². The summed E-state index contributed by atoms with van der Waals surface area (Å²) in [6.45, 7) is 0. The molecule has 1 heterocycles. The van der Waals surface area contributed by atoms with E-state index in [0.29, 0.717) is 11.4 Å². The van der Waals surface area contributed by atoms with Gasteiger partial charge in [0.1, 0.15) is 10.8 Å². The van der Waals surface area contributed by atoms with E-state index in [-0.39, 0.29) is 22.5 Å². The van der Waals surface area contributed by atoms with Crippen LogP contribution in [0.1, 0.15) is 0 Å². The summed E-state index contributed by atoms with van der Waals surface area (Å²) in [5.74, 6) is 0.791. The molecule has 22 heavy (non-hydrogen) atoms. The Bertz CT molecular complexity index is 797. The van der Waals surface area contributed by atoms with E-state index in [1.54, 1.807) is 12.1 Å². The Kier molecular flexibility index (Phi) is 4.57. The van der Waals surface area contributed by atoms with E-state index in [0.717, 1.165) is 6.26 Å². The van der Waals surface area contributed by atoms with E-state index in [1.807, 2.05) is 0 Å². The molecule has 0 aliphatic carbocycles. The first-order valence-electron chi connectivity index (χ1n) is 5.99. The minimum absolute atomic E-state index is 0.0398. The van der Waals surface area contributed by atoms with Gasteiger partial charge in [0.25, 0.3) is 0 Å². The van der Waals surface area contributed by atoms with Crippen LogP contribution in [0, 0.1) is 0 Å². The van der Waals surface area contributed by atoms with Crippen molar-refractivity contribution in [3.63, 3.8) is 0 Å². The molecule has 0 radical (unpaired) electrons. The van der Waals surface area contributed by atoms with Crippen LogP contribution < -0.4 is 20.5 Å². The van der Waals surface area contributed by atoms with Gasteiger partial charge in [-0.25, -0.2) is 13.4 Å². The maximum absolute atomic E-state index is 11.5. The Labute approximate surface area is 132 Å². The Balaban J connectivity index is 2.43. The van der Waals surface area contributed by atoms with Crippen LogP contribution in [0.4, 0.5) is 23.1 Å². The number of benzene rings is 1. The lowest BCUT2D eigenvalue weighted by atomic mass is 10.2. The van der Waals surface area contributed by atoms with Gasteiger partial charge < -0.3 is 15.8 Å². The Morgan fingerprint density at radius 1 is 1.32 bits per heavy atom. The monoisotopic (exact) mass is 343 g/mol. The molecule has 0 fully saturated rings. The molecule has 4 N–H and O–H groups in total. The molecule has 0 spiro atoms. The summed E-state index contributed by atoms with van der Waals surface area (Å²) < 4.78 is 30.4. The first-order valence-corrected chi connectivity index (χ1v) is 8.26. The Morgan fingerprint density at radius 3 is 2.68 bits per heavy atom. The molecule has 2 rings (SSSR count). The molecule has 0 saturated heterocycles. The summed E-state index contributed by atoms with van der Waals surface area (Å²) in [5, 5.41) is 3.16. The van der Waals surface area contributed by atoms with Crippen LogP contribution in [0.3, 0.4) is 0 Å². The number of nitrogens with zero attached hydrogens (tertiary/aromatic N) is 2. The predicted molar refractivity (Wildman–Crippen MR) is 86.2 cm³/mol. The molecule has 0 unspecified atom stereocenters. The number of methoxy groups -OCH3 is 1. The fourth-order valence-electron chi connectivity index (χ4n) is 1.64. The normalized spacial score (nSPS) is 11.0. The number of sulfonamides is 1. The predicted octanol–water partition coefficient (Wildman–Crippen LogP) is 1.84. The van der Waals surface area contributed by atoms with Crippen molar-refractivity contribution in [2.75, 3.05) is 29.1 Å². The van der Waals surface area contributed by atoms with Crippen molar-refractivity contribution < 1.29 is 13.2 Å². The molecule has 0 aliphatic heterocycles. The fraction of sp³-hybridized carbons (Fsp3) is 0.167. The van der Waals surface area contributed by atoms with Gasteiger partial charge in [0, 0.05) is 6.07 Å². The third-order valence-electron chi connectivity index (χ3n) is 2.54. The van der Waals surface area contributed by atoms with Crippen molar-refractivity contribution in [3.8, 4) is 5.75 Å². The summed E-state index contributed by atoms with van der Waals surface area (Å²) >= 11 is 5.98. The molecule has 1 aromatic carbocycles. The number of nitrogen functional groups attached to an aromatic ring is 1. The highest BCUT2D eigenvalue weighted by atomic mass is 35.5. The van der Waals surface area contributed by atoms with Crippen molar-refractivity contribution in [3.05, 3.63) is 29.4 Å². The highest BCUT2D eigenvalue weighted by Crippen LogP contribution is 2.31. The maximum atomic E-state index is 11.5. The lowest BCUT2D eigenvalue weighted by molar-refractivity contribution is 0.415. The van der Waals surface area contributed by atoms with Gasteiger partial charge in [-0.3, -0.25) is 4.72 Å². The number of halogens is 1. The van der Waals surface area contributed by atoms with Gasteiger partial charge in [0.2, 0.25) is 16.0 Å². The third-order valence-corrected chi connectivity index (χ3v) is 3.41. The van der Waals surface area contributed by atoms with E-state index < -0.39 is 10.0 Å². The van der Waals surface area contributed by atoms with Crippen molar-refractivity contribution in [2.24, 2.45) is 0 Å². The van der Waals surface area contributed by atoms with Crippen molar-refractivity contribution in [1.29, 1.82) is 0 Å². The first-order chi connectivity index (χ1) is 10.3. The number of aromatic nitrogens is 2. The number of nitrogens with two attached hydrogens (primary N) is 1.